The molecule has 0 saturated carbocycles. The van der Waals surface area contributed by atoms with Crippen molar-refractivity contribution < 1.29 is 9.53 Å². The number of nitrogens with one attached hydrogen (secondary N) is 1. The van der Waals surface area contributed by atoms with Crippen LogP contribution in [-0.4, -0.2) is 5.91 Å². The fourth-order valence-electron chi connectivity index (χ4n) is 6.13. The summed E-state index contributed by atoms with van der Waals surface area (Å²) in [4.78, 5) is 11.7. The monoisotopic (exact) mass is 593 g/mol. The molecule has 0 spiro atoms. The molecule has 3 nitrogen and oxygen atoms in total. The SMILES string of the molecule is CC(=O)Nc1ccc(Cl)c(Oc2cc3cccc4cc(-c5ccc(-c6ccc(C(C)(C)C)cc6)cc5)c5cccc2c5c34)c1. The molecule has 1 amide bonds. The van der Waals surface area contributed by atoms with Gasteiger partial charge in [0.2, 0.25) is 5.91 Å². The number of amides is 1. The Balaban J connectivity index is 1.34. The van der Waals surface area contributed by atoms with E-state index in [0.717, 1.165) is 27.1 Å². The van der Waals surface area contributed by atoms with Crippen LogP contribution in [0.2, 0.25) is 5.02 Å². The van der Waals surface area contributed by atoms with Crippen molar-refractivity contribution in [1.82, 2.24) is 0 Å². The standard InChI is InChI=1S/C40H32ClNO2/c1-24(43)42-31-19-20-35(41)37(23-31)44-36-22-29-8-5-7-28-21-34(32-9-6-10-33(36)39(32)38(28)29)27-13-11-25(12-14-27)26-15-17-30(18-16-26)40(2,3)4/h5-23H,1-4H3,(H,42,43). The molecule has 216 valence electrons. The molecular formula is C40H32ClNO2. The zero-order valence-electron chi connectivity index (χ0n) is 25.2. The van der Waals surface area contributed by atoms with Crippen LogP contribution in [0.15, 0.2) is 115 Å². The molecule has 0 atom stereocenters. The molecule has 44 heavy (non-hydrogen) atoms. The van der Waals surface area contributed by atoms with Crippen molar-refractivity contribution >= 4 is 55.5 Å². The van der Waals surface area contributed by atoms with Gasteiger partial charge in [-0.2, -0.15) is 0 Å². The van der Waals surface area contributed by atoms with Gasteiger partial charge in [-0.1, -0.05) is 117 Å². The van der Waals surface area contributed by atoms with E-state index in [1.165, 1.54) is 39.9 Å². The molecule has 0 saturated heterocycles. The Morgan fingerprint density at radius 1 is 0.659 bits per heavy atom. The van der Waals surface area contributed by atoms with Gasteiger partial charge in [-0.25, -0.2) is 0 Å². The van der Waals surface area contributed by atoms with E-state index in [1.54, 1.807) is 18.2 Å². The van der Waals surface area contributed by atoms with E-state index in [2.05, 4.69) is 123 Å². The van der Waals surface area contributed by atoms with E-state index in [0.29, 0.717) is 22.2 Å². The largest absolute Gasteiger partial charge is 0.455 e. The van der Waals surface area contributed by atoms with Crippen LogP contribution in [0.5, 0.6) is 11.5 Å². The van der Waals surface area contributed by atoms with E-state index in [-0.39, 0.29) is 11.3 Å². The van der Waals surface area contributed by atoms with Crippen LogP contribution in [0.4, 0.5) is 5.69 Å². The first-order valence-corrected chi connectivity index (χ1v) is 15.2. The summed E-state index contributed by atoms with van der Waals surface area (Å²) in [6, 6.07) is 40.1. The number of benzene rings is 7. The highest BCUT2D eigenvalue weighted by atomic mass is 35.5. The summed E-state index contributed by atoms with van der Waals surface area (Å²) >= 11 is 6.56. The maximum Gasteiger partial charge on any atom is 0.221 e. The zero-order valence-corrected chi connectivity index (χ0v) is 25.9. The van der Waals surface area contributed by atoms with Gasteiger partial charge in [0.25, 0.3) is 0 Å². The summed E-state index contributed by atoms with van der Waals surface area (Å²) in [6.07, 6.45) is 0. The molecule has 7 aromatic carbocycles. The average Bonchev–Trinajstić information content (AvgIpc) is 3.01. The summed E-state index contributed by atoms with van der Waals surface area (Å²) in [5, 5.41) is 10.1. The minimum atomic E-state index is -0.153. The van der Waals surface area contributed by atoms with Crippen molar-refractivity contribution in [3.05, 3.63) is 126 Å². The number of rotatable bonds is 5. The van der Waals surface area contributed by atoms with Crippen LogP contribution in [0.1, 0.15) is 33.3 Å². The maximum atomic E-state index is 11.7. The minimum Gasteiger partial charge on any atom is -0.455 e. The average molecular weight is 594 g/mol. The molecule has 7 aromatic rings. The number of hydrogen-bond donors (Lipinski definition) is 1. The number of halogens is 1. The van der Waals surface area contributed by atoms with E-state index >= 15 is 0 Å². The predicted molar refractivity (Wildman–Crippen MR) is 186 cm³/mol. The molecule has 0 fully saturated rings. The van der Waals surface area contributed by atoms with Gasteiger partial charge in [0, 0.05) is 29.4 Å². The van der Waals surface area contributed by atoms with Gasteiger partial charge in [-0.15, -0.1) is 0 Å². The van der Waals surface area contributed by atoms with Gasteiger partial charge < -0.3 is 10.1 Å². The Morgan fingerprint density at radius 3 is 1.95 bits per heavy atom. The van der Waals surface area contributed by atoms with Crippen LogP contribution in [0.3, 0.4) is 0 Å². The number of carbonyl (C=O) groups excluding carboxylic acids is 1. The lowest BCUT2D eigenvalue weighted by molar-refractivity contribution is -0.114. The first-order chi connectivity index (χ1) is 21.2. The molecule has 0 unspecified atom stereocenters. The van der Waals surface area contributed by atoms with Crippen molar-refractivity contribution in [3.8, 4) is 33.8 Å². The quantitative estimate of drug-likeness (QED) is 0.202. The number of anilines is 1. The molecule has 0 heterocycles. The molecule has 4 heteroatoms. The molecule has 0 aliphatic carbocycles. The van der Waals surface area contributed by atoms with Crippen molar-refractivity contribution in [3.63, 3.8) is 0 Å². The van der Waals surface area contributed by atoms with Gasteiger partial charge in [0.15, 0.2) is 0 Å². The highest BCUT2D eigenvalue weighted by molar-refractivity contribution is 6.32. The molecule has 7 rings (SSSR count). The van der Waals surface area contributed by atoms with Crippen molar-refractivity contribution in [1.29, 1.82) is 0 Å². The maximum absolute atomic E-state index is 11.7. The highest BCUT2D eigenvalue weighted by Gasteiger charge is 2.18. The molecular weight excluding hydrogens is 562 g/mol. The number of ether oxygens (including phenoxy) is 1. The molecule has 0 aliphatic rings. The smallest absolute Gasteiger partial charge is 0.221 e. The third kappa shape index (κ3) is 5.04. The molecule has 0 radical (unpaired) electrons. The zero-order chi connectivity index (χ0) is 30.6. The highest BCUT2D eigenvalue weighted by Crippen LogP contribution is 2.45. The predicted octanol–water partition coefficient (Wildman–Crippen LogP) is 11.6. The van der Waals surface area contributed by atoms with Crippen molar-refractivity contribution in [2.75, 3.05) is 5.32 Å². The summed E-state index contributed by atoms with van der Waals surface area (Å²) in [5.74, 6) is 1.04. The van der Waals surface area contributed by atoms with Crippen LogP contribution < -0.4 is 10.1 Å². The first-order valence-electron chi connectivity index (χ1n) is 14.8. The first kappa shape index (κ1) is 27.9. The second-order valence-electron chi connectivity index (χ2n) is 12.4. The van der Waals surface area contributed by atoms with Crippen LogP contribution >= 0.6 is 11.6 Å². The lowest BCUT2D eigenvalue weighted by atomic mass is 9.86. The Hall–Kier alpha value is -4.86. The normalized spacial score (nSPS) is 11.8. The van der Waals surface area contributed by atoms with Crippen molar-refractivity contribution in [2.45, 2.75) is 33.1 Å². The topological polar surface area (TPSA) is 38.3 Å². The lowest BCUT2D eigenvalue weighted by Gasteiger charge is -2.19. The number of hydrogen-bond acceptors (Lipinski definition) is 2. The van der Waals surface area contributed by atoms with Gasteiger partial charge in [-0.3, -0.25) is 4.79 Å². The third-order valence-corrected chi connectivity index (χ3v) is 8.65. The Morgan fingerprint density at radius 2 is 1.27 bits per heavy atom. The van der Waals surface area contributed by atoms with E-state index < -0.39 is 0 Å². The molecule has 0 aromatic heterocycles. The van der Waals surface area contributed by atoms with Gasteiger partial charge in [-0.05, 0) is 79.0 Å². The Bertz CT molecular complexity index is 2170. The van der Waals surface area contributed by atoms with Crippen LogP contribution in [0, 0.1) is 0 Å². The Labute approximate surface area is 262 Å². The molecule has 0 aliphatic heterocycles. The summed E-state index contributed by atoms with van der Waals surface area (Å²) in [5.41, 5.74) is 6.83. The number of carbonyl (C=O) groups is 1. The molecule has 1 N–H and O–H groups in total. The van der Waals surface area contributed by atoms with E-state index in [9.17, 15) is 4.79 Å². The minimum absolute atomic E-state index is 0.129. The summed E-state index contributed by atoms with van der Waals surface area (Å²) in [6.45, 7) is 8.20. The van der Waals surface area contributed by atoms with Gasteiger partial charge in [0.05, 0.1) is 5.02 Å². The lowest BCUT2D eigenvalue weighted by Crippen LogP contribution is -2.10. The molecule has 0 bridgehead atoms. The fourth-order valence-corrected chi connectivity index (χ4v) is 6.29. The third-order valence-electron chi connectivity index (χ3n) is 8.34. The van der Waals surface area contributed by atoms with Gasteiger partial charge >= 0.3 is 0 Å². The second kappa shape index (κ2) is 10.7. The summed E-state index contributed by atoms with van der Waals surface area (Å²) in [7, 11) is 0. The van der Waals surface area contributed by atoms with Crippen LogP contribution in [-0.2, 0) is 10.2 Å². The van der Waals surface area contributed by atoms with Crippen LogP contribution in [0.25, 0.3) is 54.6 Å². The van der Waals surface area contributed by atoms with Gasteiger partial charge in [0.1, 0.15) is 11.5 Å². The van der Waals surface area contributed by atoms with E-state index in [4.69, 9.17) is 16.3 Å². The fraction of sp³-hybridized carbons (Fsp3) is 0.125. The summed E-state index contributed by atoms with van der Waals surface area (Å²) < 4.78 is 6.50. The second-order valence-corrected chi connectivity index (χ2v) is 12.8. The Kier molecular flexibility index (Phi) is 6.79. The van der Waals surface area contributed by atoms with Crippen molar-refractivity contribution in [2.24, 2.45) is 0 Å². The van der Waals surface area contributed by atoms with E-state index in [1.807, 2.05) is 0 Å².